The lowest BCUT2D eigenvalue weighted by Crippen LogP contribution is -2.09. The van der Waals surface area contributed by atoms with Crippen LogP contribution in [-0.2, 0) is 0 Å². The summed E-state index contributed by atoms with van der Waals surface area (Å²) in [6, 6.07) is 18.6. The first-order valence-electron chi connectivity index (χ1n) is 5.15. The Balaban J connectivity index is 2.27. The third-order valence-corrected chi connectivity index (χ3v) is 2.13. The highest BCUT2D eigenvalue weighted by molar-refractivity contribution is 5.96. The van der Waals surface area contributed by atoms with Gasteiger partial charge in [-0.1, -0.05) is 36.4 Å². The fourth-order valence-corrected chi connectivity index (χ4v) is 1.37. The van der Waals surface area contributed by atoms with Crippen LogP contribution in [0.2, 0.25) is 0 Å². The van der Waals surface area contributed by atoms with Crippen molar-refractivity contribution >= 4 is 5.90 Å². The molecule has 2 aromatic carbocycles. The van der Waals surface area contributed by atoms with Gasteiger partial charge in [-0.15, -0.1) is 4.99 Å². The molecule has 0 bridgehead atoms. The highest BCUT2D eigenvalue weighted by atomic mass is 16.5. The number of nitrogens with zero attached hydrogens (tertiary/aromatic N) is 2. The monoisotopic (exact) mass is 222 g/mol. The molecule has 0 amide bonds. The second-order valence-electron chi connectivity index (χ2n) is 3.30. The summed E-state index contributed by atoms with van der Waals surface area (Å²) in [5.41, 5.74) is 0.776. The molecule has 2 aromatic rings. The Morgan fingerprint density at radius 3 is 2.12 bits per heavy atom. The van der Waals surface area contributed by atoms with Gasteiger partial charge in [0.2, 0.25) is 12.1 Å². The van der Waals surface area contributed by atoms with Crippen LogP contribution < -0.4 is 4.74 Å². The smallest absolute Gasteiger partial charge is 0.237 e. The molecule has 0 aliphatic rings. The third kappa shape index (κ3) is 2.93. The molecule has 0 saturated carbocycles. The van der Waals surface area contributed by atoms with Crippen molar-refractivity contribution in [2.45, 2.75) is 0 Å². The molecule has 0 unspecified atom stereocenters. The van der Waals surface area contributed by atoms with E-state index in [1.807, 2.05) is 60.7 Å². The minimum Gasteiger partial charge on any atom is -0.438 e. The molecule has 3 nitrogen and oxygen atoms in total. The van der Waals surface area contributed by atoms with E-state index < -0.39 is 0 Å². The van der Waals surface area contributed by atoms with Gasteiger partial charge in [-0.3, -0.25) is 0 Å². The quantitative estimate of drug-likeness (QED) is 0.445. The Morgan fingerprint density at radius 2 is 1.53 bits per heavy atom. The van der Waals surface area contributed by atoms with E-state index in [9.17, 15) is 0 Å². The Hall–Kier alpha value is -2.60. The van der Waals surface area contributed by atoms with Crippen molar-refractivity contribution in [3.63, 3.8) is 0 Å². The zero-order valence-electron chi connectivity index (χ0n) is 9.08. The Morgan fingerprint density at radius 1 is 0.941 bits per heavy atom. The molecular formula is C14H10N2O. The maximum absolute atomic E-state index is 8.66. The van der Waals surface area contributed by atoms with Crippen LogP contribution in [0.4, 0.5) is 0 Å². The van der Waals surface area contributed by atoms with E-state index in [2.05, 4.69) is 4.99 Å². The van der Waals surface area contributed by atoms with Crippen LogP contribution in [0.15, 0.2) is 65.7 Å². The first-order chi connectivity index (χ1) is 8.40. The molecule has 0 aromatic heterocycles. The van der Waals surface area contributed by atoms with E-state index in [1.165, 1.54) is 0 Å². The Kier molecular flexibility index (Phi) is 3.51. The molecular weight excluding hydrogens is 212 g/mol. The predicted octanol–water partition coefficient (Wildman–Crippen LogP) is 2.99. The molecule has 0 saturated heterocycles. The average molecular weight is 222 g/mol. The fourth-order valence-electron chi connectivity index (χ4n) is 1.37. The van der Waals surface area contributed by atoms with Crippen molar-refractivity contribution in [3.05, 3.63) is 66.2 Å². The number of benzene rings is 2. The number of hydrogen-bond acceptors (Lipinski definition) is 3. The van der Waals surface area contributed by atoms with Gasteiger partial charge in [0.05, 0.1) is 0 Å². The highest BCUT2D eigenvalue weighted by Gasteiger charge is 2.05. The van der Waals surface area contributed by atoms with Crippen molar-refractivity contribution in [1.82, 2.24) is 0 Å². The van der Waals surface area contributed by atoms with Crippen LogP contribution in [0.1, 0.15) is 5.56 Å². The van der Waals surface area contributed by atoms with Gasteiger partial charge in [0.25, 0.3) is 0 Å². The van der Waals surface area contributed by atoms with E-state index in [-0.39, 0.29) is 0 Å². The minimum atomic E-state index is 0.305. The molecule has 82 valence electrons. The molecule has 0 heterocycles. The zero-order chi connectivity index (χ0) is 11.9. The largest absolute Gasteiger partial charge is 0.438 e. The van der Waals surface area contributed by atoms with Gasteiger partial charge in [-0.05, 0) is 24.3 Å². The Bertz CT molecular complexity index is 541. The zero-order valence-corrected chi connectivity index (χ0v) is 9.08. The summed E-state index contributed by atoms with van der Waals surface area (Å²) in [5, 5.41) is 8.66. The summed E-state index contributed by atoms with van der Waals surface area (Å²) in [6.07, 6.45) is 1.75. The molecule has 0 spiro atoms. The first kappa shape index (κ1) is 10.9. The number of rotatable bonds is 2. The van der Waals surface area contributed by atoms with E-state index in [0.717, 1.165) is 5.56 Å². The standard InChI is InChI=1S/C14H10N2O/c15-11-16-14(12-7-3-1-4-8-12)17-13-9-5-2-6-10-13/h1-10H. The van der Waals surface area contributed by atoms with Gasteiger partial charge in [-0.25, -0.2) is 0 Å². The van der Waals surface area contributed by atoms with Crippen molar-refractivity contribution < 1.29 is 4.74 Å². The maximum Gasteiger partial charge on any atom is 0.237 e. The number of aliphatic imine (C=N–C) groups is 1. The summed E-state index contributed by atoms with van der Waals surface area (Å²) in [4.78, 5) is 3.69. The number of ether oxygens (including phenoxy) is 1. The molecule has 3 heteroatoms. The number of para-hydroxylation sites is 1. The van der Waals surface area contributed by atoms with E-state index in [4.69, 9.17) is 10.00 Å². The van der Waals surface area contributed by atoms with E-state index in [1.54, 1.807) is 6.19 Å². The van der Waals surface area contributed by atoms with Gasteiger partial charge < -0.3 is 4.74 Å². The maximum atomic E-state index is 8.66. The van der Waals surface area contributed by atoms with E-state index >= 15 is 0 Å². The summed E-state index contributed by atoms with van der Waals surface area (Å²) in [5.74, 6) is 0.963. The van der Waals surface area contributed by atoms with Crippen LogP contribution in [0.25, 0.3) is 0 Å². The topological polar surface area (TPSA) is 45.4 Å². The van der Waals surface area contributed by atoms with Crippen LogP contribution in [0.3, 0.4) is 0 Å². The summed E-state index contributed by atoms with van der Waals surface area (Å²) in [7, 11) is 0. The predicted molar refractivity (Wildman–Crippen MR) is 65.7 cm³/mol. The normalized spacial score (nSPS) is 10.6. The molecule has 17 heavy (non-hydrogen) atoms. The van der Waals surface area contributed by atoms with Gasteiger partial charge in [0.15, 0.2) is 0 Å². The molecule has 0 aliphatic carbocycles. The van der Waals surface area contributed by atoms with E-state index in [0.29, 0.717) is 11.6 Å². The molecule has 0 N–H and O–H groups in total. The second-order valence-corrected chi connectivity index (χ2v) is 3.30. The summed E-state index contributed by atoms with van der Waals surface area (Å²) >= 11 is 0. The molecule has 0 atom stereocenters. The van der Waals surface area contributed by atoms with Crippen molar-refractivity contribution in [1.29, 1.82) is 5.26 Å². The molecule has 0 aliphatic heterocycles. The lowest BCUT2D eigenvalue weighted by molar-refractivity contribution is 0.553. The number of nitriles is 1. The summed E-state index contributed by atoms with van der Waals surface area (Å²) < 4.78 is 5.57. The lowest BCUT2D eigenvalue weighted by atomic mass is 10.2. The highest BCUT2D eigenvalue weighted by Crippen LogP contribution is 2.12. The molecule has 0 fully saturated rings. The van der Waals surface area contributed by atoms with Crippen LogP contribution >= 0.6 is 0 Å². The van der Waals surface area contributed by atoms with Crippen LogP contribution in [0.5, 0.6) is 5.75 Å². The van der Waals surface area contributed by atoms with Gasteiger partial charge in [0.1, 0.15) is 5.75 Å². The molecule has 0 radical (unpaired) electrons. The SMILES string of the molecule is N#CN=C(Oc1ccccc1)c1ccccc1. The van der Waals surface area contributed by atoms with Crippen LogP contribution in [-0.4, -0.2) is 5.90 Å². The average Bonchev–Trinajstić information content (AvgIpc) is 2.40. The summed E-state index contributed by atoms with van der Waals surface area (Å²) in [6.45, 7) is 0. The second kappa shape index (κ2) is 5.47. The van der Waals surface area contributed by atoms with Gasteiger partial charge >= 0.3 is 0 Å². The van der Waals surface area contributed by atoms with Crippen molar-refractivity contribution in [3.8, 4) is 11.9 Å². The fraction of sp³-hybridized carbons (Fsp3) is 0. The van der Waals surface area contributed by atoms with Gasteiger partial charge in [-0.2, -0.15) is 5.26 Å². The third-order valence-electron chi connectivity index (χ3n) is 2.13. The molecule has 2 rings (SSSR count). The number of hydrogen-bond donors (Lipinski definition) is 0. The van der Waals surface area contributed by atoms with Crippen molar-refractivity contribution in [2.24, 2.45) is 4.99 Å². The van der Waals surface area contributed by atoms with Gasteiger partial charge in [0, 0.05) is 5.56 Å². The van der Waals surface area contributed by atoms with Crippen LogP contribution in [0, 0.1) is 11.5 Å². The van der Waals surface area contributed by atoms with Crippen molar-refractivity contribution in [2.75, 3.05) is 0 Å². The lowest BCUT2D eigenvalue weighted by Gasteiger charge is -2.06. The first-order valence-corrected chi connectivity index (χ1v) is 5.15. The minimum absolute atomic E-state index is 0.305. The Labute approximate surface area is 99.6 Å².